The third-order valence-electron chi connectivity index (χ3n) is 4.34. The molecule has 0 saturated carbocycles. The number of H-pyrrole nitrogens is 1. The van der Waals surface area contributed by atoms with Crippen LogP contribution in [0.5, 0.6) is 0 Å². The Bertz CT molecular complexity index is 958. The van der Waals surface area contributed by atoms with Gasteiger partial charge in [0.25, 0.3) is 5.91 Å². The van der Waals surface area contributed by atoms with Gasteiger partial charge in [0.2, 0.25) is 0 Å². The molecule has 1 aromatic heterocycles. The van der Waals surface area contributed by atoms with Crippen molar-refractivity contribution in [3.63, 3.8) is 0 Å². The Morgan fingerprint density at radius 2 is 1.93 bits per heavy atom. The monoisotopic (exact) mass is 467 g/mol. The lowest BCUT2D eigenvalue weighted by Gasteiger charge is -2.12. The summed E-state index contributed by atoms with van der Waals surface area (Å²) in [5.74, 6) is -0.150. The summed E-state index contributed by atoms with van der Waals surface area (Å²) in [7, 11) is 0. The van der Waals surface area contributed by atoms with Crippen molar-refractivity contribution in [2.24, 2.45) is 0 Å². The van der Waals surface area contributed by atoms with Gasteiger partial charge in [0, 0.05) is 39.2 Å². The fourth-order valence-corrected chi connectivity index (χ4v) is 3.49. The maximum atomic E-state index is 12.1. The first kappa shape index (κ1) is 20.2. The van der Waals surface area contributed by atoms with Crippen molar-refractivity contribution in [1.82, 2.24) is 15.6 Å². The largest absolute Gasteiger partial charge is 0.357 e. The van der Waals surface area contributed by atoms with E-state index in [9.17, 15) is 4.79 Å². The molecule has 0 radical (unpaired) electrons. The van der Waals surface area contributed by atoms with Crippen molar-refractivity contribution < 1.29 is 4.79 Å². The molecule has 142 valence electrons. The van der Waals surface area contributed by atoms with Crippen LogP contribution in [0.3, 0.4) is 0 Å². The van der Waals surface area contributed by atoms with Crippen LogP contribution in [0.15, 0.2) is 46.9 Å². The average molecular weight is 469 g/mol. The summed E-state index contributed by atoms with van der Waals surface area (Å²) >= 11 is 15.3. The van der Waals surface area contributed by atoms with Gasteiger partial charge in [0.05, 0.1) is 10.0 Å². The molecule has 3 N–H and O–H groups in total. The quantitative estimate of drug-likeness (QED) is 0.389. The Morgan fingerprint density at radius 1 is 1.11 bits per heavy atom. The van der Waals surface area contributed by atoms with E-state index < -0.39 is 0 Å². The van der Waals surface area contributed by atoms with Crippen LogP contribution >= 0.6 is 39.1 Å². The Kier molecular flexibility index (Phi) is 6.82. The van der Waals surface area contributed by atoms with Gasteiger partial charge >= 0.3 is 0 Å². The molecule has 7 heteroatoms. The van der Waals surface area contributed by atoms with Gasteiger partial charge in [-0.15, -0.1) is 0 Å². The van der Waals surface area contributed by atoms with Gasteiger partial charge in [0.15, 0.2) is 0 Å². The molecule has 3 aromatic rings. The minimum atomic E-state index is -0.150. The number of benzene rings is 2. The average Bonchev–Trinajstić information content (AvgIpc) is 3.06. The second-order valence-electron chi connectivity index (χ2n) is 6.37. The number of hydrogen-bond acceptors (Lipinski definition) is 2. The molecule has 0 aliphatic carbocycles. The number of carbonyl (C=O) groups excluding carboxylic acids is 1. The molecule has 0 fully saturated rings. The van der Waals surface area contributed by atoms with Crippen LogP contribution in [0.4, 0.5) is 0 Å². The first-order chi connectivity index (χ1) is 12.9. The molecule has 1 atom stereocenters. The second-order valence-corrected chi connectivity index (χ2v) is 8.10. The summed E-state index contributed by atoms with van der Waals surface area (Å²) in [5.41, 5.74) is 2.77. The van der Waals surface area contributed by atoms with Crippen molar-refractivity contribution >= 4 is 55.9 Å². The third kappa shape index (κ3) is 5.26. The maximum absolute atomic E-state index is 12.1. The number of halogens is 3. The zero-order valence-electron chi connectivity index (χ0n) is 14.8. The zero-order chi connectivity index (χ0) is 19.4. The molecule has 3 rings (SSSR count). The Morgan fingerprint density at radius 3 is 2.70 bits per heavy atom. The van der Waals surface area contributed by atoms with Gasteiger partial charge in [-0.1, -0.05) is 39.1 Å². The van der Waals surface area contributed by atoms with E-state index in [2.05, 4.69) is 56.7 Å². The van der Waals surface area contributed by atoms with Crippen LogP contribution < -0.4 is 10.6 Å². The Hall–Kier alpha value is -1.53. The topological polar surface area (TPSA) is 56.9 Å². The molecule has 0 bridgehead atoms. The summed E-state index contributed by atoms with van der Waals surface area (Å²) in [6.07, 6.45) is 0.823. The number of aromatic nitrogens is 1. The first-order valence-corrected chi connectivity index (χ1v) is 10.2. The van der Waals surface area contributed by atoms with Crippen LogP contribution in [0.25, 0.3) is 10.9 Å². The summed E-state index contributed by atoms with van der Waals surface area (Å²) in [6, 6.07) is 13.4. The lowest BCUT2D eigenvalue weighted by atomic mass is 10.2. The van der Waals surface area contributed by atoms with E-state index in [0.29, 0.717) is 22.2 Å². The van der Waals surface area contributed by atoms with Gasteiger partial charge in [0.1, 0.15) is 0 Å². The smallest absolute Gasteiger partial charge is 0.251 e. The molecule has 27 heavy (non-hydrogen) atoms. The number of fused-ring (bicyclic) bond motifs is 1. The number of hydrogen-bond donors (Lipinski definition) is 3. The van der Waals surface area contributed by atoms with Gasteiger partial charge in [-0.2, -0.15) is 0 Å². The van der Waals surface area contributed by atoms with E-state index in [1.165, 1.54) is 5.39 Å². The van der Waals surface area contributed by atoms with Crippen molar-refractivity contribution in [3.05, 3.63) is 68.2 Å². The SMILES string of the molecule is CC(NCCCNC(=O)c1ccc(Cl)c(Cl)c1)c1cc2cc(Br)ccc2[nH]1. The van der Waals surface area contributed by atoms with E-state index in [-0.39, 0.29) is 11.9 Å². The van der Waals surface area contributed by atoms with Crippen molar-refractivity contribution in [2.75, 3.05) is 13.1 Å². The molecule has 1 heterocycles. The normalized spacial score (nSPS) is 12.3. The summed E-state index contributed by atoms with van der Waals surface area (Å²) in [5, 5.41) is 8.37. The zero-order valence-corrected chi connectivity index (χ0v) is 17.9. The van der Waals surface area contributed by atoms with Crippen LogP contribution in [-0.4, -0.2) is 24.0 Å². The number of amides is 1. The van der Waals surface area contributed by atoms with E-state index >= 15 is 0 Å². The summed E-state index contributed by atoms with van der Waals surface area (Å²) < 4.78 is 1.07. The molecule has 1 unspecified atom stereocenters. The highest BCUT2D eigenvalue weighted by Gasteiger charge is 2.10. The second kappa shape index (κ2) is 9.11. The van der Waals surface area contributed by atoms with Crippen LogP contribution in [-0.2, 0) is 0 Å². The summed E-state index contributed by atoms with van der Waals surface area (Å²) in [4.78, 5) is 15.5. The first-order valence-electron chi connectivity index (χ1n) is 8.69. The minimum absolute atomic E-state index is 0.150. The number of rotatable bonds is 7. The fraction of sp³-hybridized carbons (Fsp3) is 0.250. The lowest BCUT2D eigenvalue weighted by Crippen LogP contribution is -2.28. The minimum Gasteiger partial charge on any atom is -0.357 e. The van der Waals surface area contributed by atoms with Gasteiger partial charge in [-0.25, -0.2) is 0 Å². The predicted octanol–water partition coefficient (Wildman–Crippen LogP) is 5.71. The standard InChI is InChI=1S/C20H20BrCl2N3O/c1-12(19-11-14-9-15(21)4-6-18(14)26-19)24-7-2-8-25-20(27)13-3-5-16(22)17(23)10-13/h3-6,9-12,24,26H,2,7-8H2,1H3,(H,25,27). The molecule has 2 aromatic carbocycles. The van der Waals surface area contributed by atoms with Crippen molar-refractivity contribution in [3.8, 4) is 0 Å². The number of aromatic amines is 1. The highest BCUT2D eigenvalue weighted by Crippen LogP contribution is 2.24. The van der Waals surface area contributed by atoms with Gasteiger partial charge in [-0.3, -0.25) is 4.79 Å². The lowest BCUT2D eigenvalue weighted by molar-refractivity contribution is 0.0953. The van der Waals surface area contributed by atoms with Crippen molar-refractivity contribution in [1.29, 1.82) is 0 Å². The molecule has 0 spiro atoms. The van der Waals surface area contributed by atoms with Crippen molar-refractivity contribution in [2.45, 2.75) is 19.4 Å². The molecule has 0 aliphatic rings. The van der Waals surface area contributed by atoms with E-state index in [1.54, 1.807) is 18.2 Å². The summed E-state index contributed by atoms with van der Waals surface area (Å²) in [6.45, 7) is 3.49. The van der Waals surface area contributed by atoms with Crippen LogP contribution in [0, 0.1) is 0 Å². The highest BCUT2D eigenvalue weighted by atomic mass is 79.9. The number of carbonyl (C=O) groups is 1. The van der Waals surface area contributed by atoms with Crippen LogP contribution in [0.2, 0.25) is 10.0 Å². The molecular weight excluding hydrogens is 449 g/mol. The van der Waals surface area contributed by atoms with Gasteiger partial charge < -0.3 is 15.6 Å². The molecule has 4 nitrogen and oxygen atoms in total. The van der Waals surface area contributed by atoms with E-state index in [1.807, 2.05) is 6.07 Å². The molecule has 0 saturated heterocycles. The molecule has 1 amide bonds. The van der Waals surface area contributed by atoms with Crippen LogP contribution in [0.1, 0.15) is 35.4 Å². The Balaban J connectivity index is 1.43. The Labute approximate surface area is 176 Å². The van der Waals surface area contributed by atoms with E-state index in [4.69, 9.17) is 23.2 Å². The number of nitrogens with one attached hydrogen (secondary N) is 3. The molecule has 0 aliphatic heterocycles. The van der Waals surface area contributed by atoms with E-state index in [0.717, 1.165) is 28.6 Å². The maximum Gasteiger partial charge on any atom is 0.251 e. The fourth-order valence-electron chi connectivity index (χ4n) is 2.82. The van der Waals surface area contributed by atoms with Gasteiger partial charge in [-0.05, 0) is 62.4 Å². The predicted molar refractivity (Wildman–Crippen MR) is 116 cm³/mol. The third-order valence-corrected chi connectivity index (χ3v) is 5.57. The molecular formula is C20H20BrCl2N3O. The highest BCUT2D eigenvalue weighted by molar-refractivity contribution is 9.10.